The van der Waals surface area contributed by atoms with E-state index in [0.29, 0.717) is 0 Å². The van der Waals surface area contributed by atoms with Crippen LogP contribution < -0.4 is 0 Å². The molecule has 0 aliphatic carbocycles. The minimum absolute atomic E-state index is 0.283. The van der Waals surface area contributed by atoms with Gasteiger partial charge in [0.2, 0.25) is 0 Å². The van der Waals surface area contributed by atoms with Crippen LogP contribution in [0.15, 0.2) is 17.7 Å². The molecule has 2 heterocycles. The second-order valence-electron chi connectivity index (χ2n) is 5.25. The molecule has 0 radical (unpaired) electrons. The number of aryl methyl sites for hydroxylation is 3. The van der Waals surface area contributed by atoms with E-state index in [1.54, 1.807) is 13.0 Å². The van der Waals surface area contributed by atoms with Gasteiger partial charge in [0, 0.05) is 23.4 Å². The number of hydrogen-bond acceptors (Lipinski definition) is 2. The van der Waals surface area contributed by atoms with Gasteiger partial charge in [0.05, 0.1) is 5.69 Å². The van der Waals surface area contributed by atoms with E-state index >= 15 is 0 Å². The summed E-state index contributed by atoms with van der Waals surface area (Å²) < 4.78 is 2.04. The number of aliphatic carboxylic acids is 1. The summed E-state index contributed by atoms with van der Waals surface area (Å²) in [5, 5.41) is 9.07. The number of nitrogens with zero attached hydrogens (tertiary/aromatic N) is 2. The van der Waals surface area contributed by atoms with Gasteiger partial charge in [0.25, 0.3) is 0 Å². The first-order chi connectivity index (χ1) is 9.93. The highest BCUT2D eigenvalue weighted by molar-refractivity contribution is 5.91. The Bertz CT molecular complexity index is 673. The number of nitrogens with one attached hydrogen (secondary N) is 1. The second-order valence-corrected chi connectivity index (χ2v) is 5.25. The second kappa shape index (κ2) is 5.99. The molecule has 0 saturated heterocycles. The van der Waals surface area contributed by atoms with Crippen LogP contribution in [0.2, 0.25) is 0 Å². The average molecular weight is 287 g/mol. The van der Waals surface area contributed by atoms with Crippen LogP contribution in [0.25, 0.3) is 11.9 Å². The summed E-state index contributed by atoms with van der Waals surface area (Å²) >= 11 is 0. The lowest BCUT2D eigenvalue weighted by Crippen LogP contribution is -2.02. The number of aromatic amines is 1. The SMILES string of the molecule is CCCc1nc(-n2c(C)ccc2C)c(C=C(C)C(=O)O)[nH]1. The summed E-state index contributed by atoms with van der Waals surface area (Å²) in [5.74, 6) is 0.719. The van der Waals surface area contributed by atoms with Crippen molar-refractivity contribution in [3.63, 3.8) is 0 Å². The maximum atomic E-state index is 11.1. The number of carbonyl (C=O) groups is 1. The van der Waals surface area contributed by atoms with Crippen molar-refractivity contribution < 1.29 is 9.90 Å². The van der Waals surface area contributed by atoms with E-state index in [1.165, 1.54) is 0 Å². The van der Waals surface area contributed by atoms with E-state index in [0.717, 1.165) is 41.6 Å². The minimum atomic E-state index is -0.923. The molecule has 0 saturated carbocycles. The highest BCUT2D eigenvalue weighted by Gasteiger charge is 2.14. The Morgan fingerprint density at radius 3 is 2.52 bits per heavy atom. The smallest absolute Gasteiger partial charge is 0.331 e. The molecule has 112 valence electrons. The molecule has 5 heteroatoms. The van der Waals surface area contributed by atoms with Gasteiger partial charge in [0.1, 0.15) is 5.82 Å². The predicted molar refractivity (Wildman–Crippen MR) is 82.7 cm³/mol. The predicted octanol–water partition coefficient (Wildman–Crippen LogP) is 3.26. The molecule has 2 rings (SSSR count). The van der Waals surface area contributed by atoms with E-state index in [4.69, 9.17) is 5.11 Å². The molecule has 0 aromatic carbocycles. The molecule has 21 heavy (non-hydrogen) atoms. The number of H-pyrrole nitrogens is 1. The number of imidazole rings is 1. The third-order valence-corrected chi connectivity index (χ3v) is 3.43. The molecule has 2 N–H and O–H groups in total. The van der Waals surface area contributed by atoms with E-state index in [-0.39, 0.29) is 5.57 Å². The van der Waals surface area contributed by atoms with E-state index in [1.807, 2.05) is 30.5 Å². The molecule has 0 atom stereocenters. The van der Waals surface area contributed by atoms with Crippen molar-refractivity contribution in [1.82, 2.24) is 14.5 Å². The fourth-order valence-electron chi connectivity index (χ4n) is 2.33. The monoisotopic (exact) mass is 287 g/mol. The van der Waals surface area contributed by atoms with Gasteiger partial charge in [-0.15, -0.1) is 0 Å². The van der Waals surface area contributed by atoms with Crippen LogP contribution >= 0.6 is 0 Å². The van der Waals surface area contributed by atoms with Crippen molar-refractivity contribution in [1.29, 1.82) is 0 Å². The van der Waals surface area contributed by atoms with Gasteiger partial charge >= 0.3 is 5.97 Å². The lowest BCUT2D eigenvalue weighted by atomic mass is 10.2. The standard InChI is InChI=1S/C16H21N3O2/c1-5-6-14-17-13(9-10(2)16(20)21)15(18-14)19-11(3)7-8-12(19)4/h7-9H,5-6H2,1-4H3,(H,17,18)(H,20,21). The topological polar surface area (TPSA) is 70.9 Å². The molecule has 0 spiro atoms. The van der Waals surface area contributed by atoms with Gasteiger partial charge in [-0.3, -0.25) is 0 Å². The van der Waals surface area contributed by atoms with Crippen LogP contribution in [0, 0.1) is 13.8 Å². The number of rotatable bonds is 5. The summed E-state index contributed by atoms with van der Waals surface area (Å²) in [4.78, 5) is 18.9. The summed E-state index contributed by atoms with van der Waals surface area (Å²) in [5.41, 5.74) is 3.17. The van der Waals surface area contributed by atoms with Crippen LogP contribution in [0.3, 0.4) is 0 Å². The number of carboxylic acids is 1. The Balaban J connectivity index is 2.59. The van der Waals surface area contributed by atoms with Crippen molar-refractivity contribution >= 4 is 12.0 Å². The maximum Gasteiger partial charge on any atom is 0.331 e. The van der Waals surface area contributed by atoms with Crippen molar-refractivity contribution in [3.05, 3.63) is 40.6 Å². The van der Waals surface area contributed by atoms with Gasteiger partial charge in [-0.05, 0) is 45.4 Å². The molecule has 0 fully saturated rings. The number of carboxylic acid groups (broad SMARTS) is 1. The summed E-state index contributed by atoms with van der Waals surface area (Å²) in [6, 6.07) is 4.06. The van der Waals surface area contributed by atoms with Crippen molar-refractivity contribution in [3.8, 4) is 5.82 Å². The van der Waals surface area contributed by atoms with Gasteiger partial charge in [-0.25, -0.2) is 9.78 Å². The summed E-state index contributed by atoms with van der Waals surface area (Å²) in [7, 11) is 0. The van der Waals surface area contributed by atoms with Gasteiger partial charge in [-0.1, -0.05) is 6.92 Å². The minimum Gasteiger partial charge on any atom is -0.478 e. The van der Waals surface area contributed by atoms with Gasteiger partial charge in [0.15, 0.2) is 5.82 Å². The largest absolute Gasteiger partial charge is 0.478 e. The Morgan fingerprint density at radius 1 is 1.38 bits per heavy atom. The number of aromatic nitrogens is 3. The molecule has 0 amide bonds. The first-order valence-corrected chi connectivity index (χ1v) is 7.09. The highest BCUT2D eigenvalue weighted by atomic mass is 16.4. The third-order valence-electron chi connectivity index (χ3n) is 3.43. The molecule has 2 aromatic heterocycles. The lowest BCUT2D eigenvalue weighted by Gasteiger charge is -2.07. The normalized spacial score (nSPS) is 11.9. The first kappa shape index (κ1) is 15.1. The Labute approximate surface area is 124 Å². The molecule has 0 aliphatic heterocycles. The number of hydrogen-bond donors (Lipinski definition) is 2. The lowest BCUT2D eigenvalue weighted by molar-refractivity contribution is -0.132. The van der Waals surface area contributed by atoms with Gasteiger partial charge in [-0.2, -0.15) is 0 Å². The summed E-state index contributed by atoms with van der Waals surface area (Å²) in [6.07, 6.45) is 3.46. The fraction of sp³-hybridized carbons (Fsp3) is 0.375. The Morgan fingerprint density at radius 2 is 2.00 bits per heavy atom. The van der Waals surface area contributed by atoms with Crippen LogP contribution in [0.5, 0.6) is 0 Å². The van der Waals surface area contributed by atoms with E-state index in [9.17, 15) is 4.79 Å². The molecular formula is C16H21N3O2. The molecule has 0 bridgehead atoms. The molecule has 5 nitrogen and oxygen atoms in total. The highest BCUT2D eigenvalue weighted by Crippen LogP contribution is 2.21. The van der Waals surface area contributed by atoms with Crippen LogP contribution in [-0.4, -0.2) is 25.6 Å². The van der Waals surface area contributed by atoms with Crippen molar-refractivity contribution in [2.45, 2.75) is 40.5 Å². The van der Waals surface area contributed by atoms with Crippen molar-refractivity contribution in [2.75, 3.05) is 0 Å². The molecular weight excluding hydrogens is 266 g/mol. The van der Waals surface area contributed by atoms with Crippen LogP contribution in [-0.2, 0) is 11.2 Å². The van der Waals surface area contributed by atoms with Crippen molar-refractivity contribution in [2.24, 2.45) is 0 Å². The fourth-order valence-corrected chi connectivity index (χ4v) is 2.33. The Kier molecular flexibility index (Phi) is 4.31. The first-order valence-electron chi connectivity index (χ1n) is 7.09. The zero-order valence-electron chi connectivity index (χ0n) is 12.9. The molecule has 0 unspecified atom stereocenters. The van der Waals surface area contributed by atoms with E-state index in [2.05, 4.69) is 16.9 Å². The zero-order valence-corrected chi connectivity index (χ0v) is 12.9. The third kappa shape index (κ3) is 3.07. The van der Waals surface area contributed by atoms with Crippen LogP contribution in [0.1, 0.15) is 43.2 Å². The molecule has 2 aromatic rings. The molecule has 0 aliphatic rings. The Hall–Kier alpha value is -2.30. The van der Waals surface area contributed by atoms with Crippen LogP contribution in [0.4, 0.5) is 0 Å². The maximum absolute atomic E-state index is 11.1. The zero-order chi connectivity index (χ0) is 15.6. The quantitative estimate of drug-likeness (QED) is 0.829. The average Bonchev–Trinajstić information content (AvgIpc) is 2.94. The van der Waals surface area contributed by atoms with Gasteiger partial charge < -0.3 is 14.7 Å². The summed E-state index contributed by atoms with van der Waals surface area (Å²) in [6.45, 7) is 7.70. The van der Waals surface area contributed by atoms with E-state index < -0.39 is 5.97 Å².